The molecule has 0 amide bonds. The van der Waals surface area contributed by atoms with Crippen molar-refractivity contribution in [2.75, 3.05) is 5.32 Å². The quantitative estimate of drug-likeness (QED) is 0.451. The van der Waals surface area contributed by atoms with Crippen molar-refractivity contribution in [3.8, 4) is 0 Å². The summed E-state index contributed by atoms with van der Waals surface area (Å²) in [6.07, 6.45) is 0.0924. The largest absolute Gasteiger partial charge is 0.434 e. The number of rotatable bonds is 7. The van der Waals surface area contributed by atoms with E-state index in [-0.39, 0.29) is 32.3 Å². The Labute approximate surface area is 179 Å². The zero-order valence-corrected chi connectivity index (χ0v) is 17.6. The Kier molecular flexibility index (Phi) is 5.75. The van der Waals surface area contributed by atoms with Gasteiger partial charge in [-0.3, -0.25) is 0 Å². The second-order valence-electron chi connectivity index (χ2n) is 7.24. The van der Waals surface area contributed by atoms with Crippen molar-refractivity contribution in [2.45, 2.75) is 44.4 Å². The van der Waals surface area contributed by atoms with Crippen molar-refractivity contribution in [3.05, 3.63) is 37.8 Å². The van der Waals surface area contributed by atoms with E-state index in [1.165, 1.54) is 12.1 Å². The molecule has 1 heterocycles. The van der Waals surface area contributed by atoms with Crippen LogP contribution in [0.2, 0.25) is 15.1 Å². The molecule has 0 radical (unpaired) electrons. The number of nitrogens with zero attached hydrogens (tertiary/aromatic N) is 1. The molecular formula is C18H17Cl3F3N3S. The summed E-state index contributed by atoms with van der Waals surface area (Å²) in [6, 6.07) is 3.24. The van der Waals surface area contributed by atoms with E-state index in [9.17, 15) is 13.2 Å². The predicted octanol–water partition coefficient (Wildman–Crippen LogP) is 7.14. The Morgan fingerprint density at radius 2 is 1.64 bits per heavy atom. The van der Waals surface area contributed by atoms with Crippen LogP contribution in [0.25, 0.3) is 0 Å². The fourth-order valence-corrected chi connectivity index (χ4v) is 5.20. The zero-order chi connectivity index (χ0) is 20.1. The van der Waals surface area contributed by atoms with E-state index >= 15 is 0 Å². The number of alkyl halides is 3. The fourth-order valence-electron chi connectivity index (χ4n) is 3.35. The molecule has 10 heteroatoms. The van der Waals surface area contributed by atoms with Crippen molar-refractivity contribution >= 4 is 57.0 Å². The van der Waals surface area contributed by atoms with Crippen LogP contribution < -0.4 is 10.6 Å². The Bertz CT molecular complexity index is 844. The lowest BCUT2D eigenvalue weighted by molar-refractivity contribution is -0.141. The molecule has 0 bridgehead atoms. The van der Waals surface area contributed by atoms with E-state index in [4.69, 9.17) is 34.8 Å². The van der Waals surface area contributed by atoms with Crippen LogP contribution in [0.15, 0.2) is 12.1 Å². The summed E-state index contributed by atoms with van der Waals surface area (Å²) in [4.78, 5) is 3.93. The minimum atomic E-state index is -4.53. The number of hydrogen-bond acceptors (Lipinski definition) is 4. The molecule has 0 saturated heterocycles. The Morgan fingerprint density at radius 3 is 2.14 bits per heavy atom. The highest BCUT2D eigenvalue weighted by Gasteiger charge is 2.42. The maximum absolute atomic E-state index is 13.5. The number of anilines is 2. The molecule has 152 valence electrons. The third-order valence-electron chi connectivity index (χ3n) is 4.96. The van der Waals surface area contributed by atoms with Gasteiger partial charge in [-0.15, -0.1) is 0 Å². The van der Waals surface area contributed by atoms with Gasteiger partial charge in [-0.2, -0.15) is 13.2 Å². The maximum atomic E-state index is 13.5. The number of thiazole rings is 1. The number of nitrogens with one attached hydrogen (secondary N) is 2. The number of aromatic nitrogens is 1. The number of halogens is 6. The van der Waals surface area contributed by atoms with Gasteiger partial charge in [0.15, 0.2) is 10.8 Å². The lowest BCUT2D eigenvalue weighted by Crippen LogP contribution is -2.32. The van der Waals surface area contributed by atoms with Crippen molar-refractivity contribution < 1.29 is 13.2 Å². The van der Waals surface area contributed by atoms with Crippen LogP contribution in [0, 0.1) is 11.8 Å². The van der Waals surface area contributed by atoms with Crippen molar-refractivity contribution in [1.82, 2.24) is 10.3 Å². The fraction of sp³-hybridized carbons (Fsp3) is 0.500. The van der Waals surface area contributed by atoms with Gasteiger partial charge in [0.1, 0.15) is 0 Å². The highest BCUT2D eigenvalue weighted by atomic mass is 35.5. The van der Waals surface area contributed by atoms with Gasteiger partial charge in [0, 0.05) is 17.6 Å². The Morgan fingerprint density at radius 1 is 1.07 bits per heavy atom. The van der Waals surface area contributed by atoms with Gasteiger partial charge in [-0.05, 0) is 49.7 Å². The number of hydrogen-bond donors (Lipinski definition) is 2. The summed E-state index contributed by atoms with van der Waals surface area (Å²) in [5.41, 5.74) is -0.595. The van der Waals surface area contributed by atoms with Gasteiger partial charge in [0.25, 0.3) is 0 Å². The van der Waals surface area contributed by atoms with Gasteiger partial charge < -0.3 is 10.6 Å². The molecule has 2 aliphatic rings. The van der Waals surface area contributed by atoms with Crippen molar-refractivity contribution in [2.24, 2.45) is 11.8 Å². The molecular weight excluding hydrogens is 454 g/mol. The van der Waals surface area contributed by atoms with Crippen LogP contribution in [-0.2, 0) is 12.7 Å². The molecule has 2 saturated carbocycles. The van der Waals surface area contributed by atoms with E-state index in [2.05, 4.69) is 15.6 Å². The average Bonchev–Trinajstić information content (AvgIpc) is 3.50. The average molecular weight is 471 g/mol. The van der Waals surface area contributed by atoms with Crippen molar-refractivity contribution in [3.63, 3.8) is 0 Å². The number of benzene rings is 1. The molecule has 2 aliphatic carbocycles. The van der Waals surface area contributed by atoms with Gasteiger partial charge >= 0.3 is 6.18 Å². The van der Waals surface area contributed by atoms with E-state index in [1.807, 2.05) is 0 Å². The standard InChI is InChI=1S/C18H17Cl3F3N3S/c19-10-5-11(20)15(12(21)6-10)26-17-27-16(18(22,23)24)13(28-17)7-25-14(8-1-2-8)9-3-4-9/h5-6,8-9,14,25H,1-4,7H2,(H,26,27). The minimum Gasteiger partial charge on any atom is -0.329 e. The lowest BCUT2D eigenvalue weighted by atomic mass is 10.1. The van der Waals surface area contributed by atoms with E-state index in [1.54, 1.807) is 0 Å². The summed E-state index contributed by atoms with van der Waals surface area (Å²) >= 11 is 19.1. The summed E-state index contributed by atoms with van der Waals surface area (Å²) in [7, 11) is 0. The second-order valence-corrected chi connectivity index (χ2v) is 9.57. The molecule has 28 heavy (non-hydrogen) atoms. The van der Waals surface area contributed by atoms with Crippen LogP contribution in [0.1, 0.15) is 36.3 Å². The summed E-state index contributed by atoms with van der Waals surface area (Å²) < 4.78 is 40.5. The molecule has 0 unspecified atom stereocenters. The molecule has 1 aromatic heterocycles. The molecule has 3 nitrogen and oxygen atoms in total. The first-order chi connectivity index (χ1) is 13.2. The smallest absolute Gasteiger partial charge is 0.329 e. The highest BCUT2D eigenvalue weighted by Crippen LogP contribution is 2.45. The van der Waals surface area contributed by atoms with Crippen LogP contribution in [0.4, 0.5) is 24.0 Å². The normalized spacial score (nSPS) is 17.4. The molecule has 0 spiro atoms. The lowest BCUT2D eigenvalue weighted by Gasteiger charge is -2.17. The Balaban J connectivity index is 1.56. The Hall–Kier alpha value is -0.730. The first-order valence-corrected chi connectivity index (χ1v) is 10.9. The van der Waals surface area contributed by atoms with E-state index in [0.29, 0.717) is 22.9 Å². The molecule has 0 atom stereocenters. The van der Waals surface area contributed by atoms with Gasteiger partial charge in [0.05, 0.1) is 20.6 Å². The maximum Gasteiger partial charge on any atom is 0.434 e. The summed E-state index contributed by atoms with van der Waals surface area (Å²) in [5, 5.41) is 7.02. The SMILES string of the molecule is FC(F)(F)c1nc(Nc2c(Cl)cc(Cl)cc2Cl)sc1CNC(C1CC1)C1CC1. The van der Waals surface area contributed by atoms with Crippen molar-refractivity contribution in [1.29, 1.82) is 0 Å². The zero-order valence-electron chi connectivity index (χ0n) is 14.5. The van der Waals surface area contributed by atoms with Crippen LogP contribution in [0.3, 0.4) is 0 Å². The monoisotopic (exact) mass is 469 g/mol. The van der Waals surface area contributed by atoms with Crippen LogP contribution in [-0.4, -0.2) is 11.0 Å². The minimum absolute atomic E-state index is 0.0876. The van der Waals surface area contributed by atoms with Crippen LogP contribution >= 0.6 is 46.1 Å². The molecule has 2 fully saturated rings. The first-order valence-electron chi connectivity index (χ1n) is 8.94. The second kappa shape index (κ2) is 7.84. The summed E-state index contributed by atoms with van der Waals surface area (Å²) in [5.74, 6) is 1.19. The third-order valence-corrected chi connectivity index (χ3v) is 6.75. The predicted molar refractivity (Wildman–Crippen MR) is 108 cm³/mol. The summed E-state index contributed by atoms with van der Waals surface area (Å²) in [6.45, 7) is 0.147. The van der Waals surface area contributed by atoms with Gasteiger partial charge in [0.2, 0.25) is 0 Å². The molecule has 2 aromatic rings. The first kappa shape index (κ1) is 20.5. The molecule has 4 rings (SSSR count). The topological polar surface area (TPSA) is 37.0 Å². The van der Waals surface area contributed by atoms with Gasteiger partial charge in [-0.25, -0.2) is 4.98 Å². The van der Waals surface area contributed by atoms with E-state index < -0.39 is 11.9 Å². The van der Waals surface area contributed by atoms with Crippen LogP contribution in [0.5, 0.6) is 0 Å². The molecule has 0 aliphatic heterocycles. The third kappa shape index (κ3) is 4.70. The highest BCUT2D eigenvalue weighted by molar-refractivity contribution is 7.15. The van der Waals surface area contributed by atoms with Gasteiger partial charge in [-0.1, -0.05) is 46.1 Å². The molecule has 1 aromatic carbocycles. The van der Waals surface area contributed by atoms with E-state index in [0.717, 1.165) is 37.0 Å². The molecule has 2 N–H and O–H groups in total.